The lowest BCUT2D eigenvalue weighted by atomic mass is 10.0. The van der Waals surface area contributed by atoms with Crippen LogP contribution in [0.5, 0.6) is 0 Å². The normalized spacial score (nSPS) is 29.8. The first-order valence-corrected chi connectivity index (χ1v) is 7.80. The predicted molar refractivity (Wildman–Crippen MR) is 76.6 cm³/mol. The largest absolute Gasteiger partial charge is 0.423 e. The molecule has 2 aromatic rings. The van der Waals surface area contributed by atoms with Gasteiger partial charge in [0.1, 0.15) is 5.38 Å². The second kappa shape index (κ2) is 4.88. The molecule has 4 rings (SSSR count). The van der Waals surface area contributed by atoms with Gasteiger partial charge < -0.3 is 4.42 Å². The summed E-state index contributed by atoms with van der Waals surface area (Å²) in [4.78, 5) is 0. The summed E-state index contributed by atoms with van der Waals surface area (Å²) in [5, 5.41) is 8.06. The molecule has 2 aliphatic carbocycles. The van der Waals surface area contributed by atoms with Gasteiger partial charge in [-0.25, -0.2) is 0 Å². The summed E-state index contributed by atoms with van der Waals surface area (Å²) in [6.07, 6.45) is 5.33. The summed E-state index contributed by atoms with van der Waals surface area (Å²) in [7, 11) is 0. The Bertz CT molecular complexity index is 586. The van der Waals surface area contributed by atoms with Crippen LogP contribution in [0.15, 0.2) is 34.7 Å². The average Bonchev–Trinajstić information content (AvgIpc) is 3.04. The van der Waals surface area contributed by atoms with Crippen molar-refractivity contribution in [3.63, 3.8) is 0 Å². The number of nitrogens with zero attached hydrogens (tertiary/aromatic N) is 2. The quantitative estimate of drug-likeness (QED) is 0.790. The Morgan fingerprint density at radius 1 is 1.05 bits per heavy atom. The molecule has 3 unspecified atom stereocenters. The summed E-state index contributed by atoms with van der Waals surface area (Å²) in [6, 6.07) is 9.88. The molecule has 2 saturated carbocycles. The highest BCUT2D eigenvalue weighted by molar-refractivity contribution is 6.22. The molecular weight excluding hydrogens is 272 g/mol. The van der Waals surface area contributed by atoms with Gasteiger partial charge in [-0.3, -0.25) is 0 Å². The highest BCUT2D eigenvalue weighted by Gasteiger charge is 2.54. The fraction of sp³-hybridized carbons (Fsp3) is 0.500. The van der Waals surface area contributed by atoms with Crippen LogP contribution in [-0.4, -0.2) is 10.2 Å². The van der Waals surface area contributed by atoms with Crippen molar-refractivity contribution >= 4 is 11.6 Å². The first-order valence-electron chi connectivity index (χ1n) is 7.37. The van der Waals surface area contributed by atoms with Gasteiger partial charge in [-0.15, -0.1) is 21.8 Å². The standard InChI is InChI=1S/C16H17ClN2O/c17-14(10-6-2-1-3-7-10)16-19-18-15(20-16)13-11-8-4-5-9-12(11)13/h1-3,6-7,11-14H,4-5,8-9H2. The minimum atomic E-state index is -0.349. The number of hydrogen-bond acceptors (Lipinski definition) is 3. The van der Waals surface area contributed by atoms with Gasteiger partial charge in [0.15, 0.2) is 0 Å². The summed E-state index contributed by atoms with van der Waals surface area (Å²) in [5.74, 6) is 3.39. The van der Waals surface area contributed by atoms with E-state index in [4.69, 9.17) is 16.0 Å². The van der Waals surface area contributed by atoms with Crippen molar-refractivity contribution in [3.05, 3.63) is 47.7 Å². The first-order chi connectivity index (χ1) is 9.84. The molecule has 20 heavy (non-hydrogen) atoms. The van der Waals surface area contributed by atoms with Crippen molar-refractivity contribution in [2.45, 2.75) is 37.0 Å². The van der Waals surface area contributed by atoms with Gasteiger partial charge in [0.2, 0.25) is 11.8 Å². The number of benzene rings is 1. The maximum Gasteiger partial charge on any atom is 0.238 e. The molecule has 0 spiro atoms. The molecule has 3 atom stereocenters. The first kappa shape index (κ1) is 12.4. The summed E-state index contributed by atoms with van der Waals surface area (Å²) in [6.45, 7) is 0. The van der Waals surface area contributed by atoms with Crippen molar-refractivity contribution < 1.29 is 4.42 Å². The van der Waals surface area contributed by atoms with Crippen LogP contribution >= 0.6 is 11.6 Å². The molecule has 0 aliphatic heterocycles. The van der Waals surface area contributed by atoms with Crippen LogP contribution < -0.4 is 0 Å². The molecule has 0 bridgehead atoms. The van der Waals surface area contributed by atoms with Crippen molar-refractivity contribution in [1.29, 1.82) is 0 Å². The smallest absolute Gasteiger partial charge is 0.238 e. The van der Waals surface area contributed by atoms with Gasteiger partial charge in [-0.05, 0) is 30.2 Å². The average molecular weight is 289 g/mol. The molecule has 1 heterocycles. The van der Waals surface area contributed by atoms with E-state index in [2.05, 4.69) is 10.2 Å². The molecule has 2 aliphatic rings. The Kier molecular flexibility index (Phi) is 3.03. The maximum atomic E-state index is 6.43. The van der Waals surface area contributed by atoms with Gasteiger partial charge in [-0.2, -0.15) is 0 Å². The molecule has 0 N–H and O–H groups in total. The van der Waals surface area contributed by atoms with E-state index in [9.17, 15) is 0 Å². The molecule has 0 saturated heterocycles. The molecule has 2 fully saturated rings. The van der Waals surface area contributed by atoms with Crippen molar-refractivity contribution in [2.24, 2.45) is 11.8 Å². The summed E-state index contributed by atoms with van der Waals surface area (Å²) < 4.78 is 5.86. The monoisotopic (exact) mass is 288 g/mol. The number of alkyl halides is 1. The summed E-state index contributed by atoms with van der Waals surface area (Å²) >= 11 is 6.43. The third kappa shape index (κ3) is 2.05. The van der Waals surface area contributed by atoms with Crippen LogP contribution in [0, 0.1) is 11.8 Å². The lowest BCUT2D eigenvalue weighted by Gasteiger charge is -2.04. The third-order valence-electron chi connectivity index (χ3n) is 4.71. The Hall–Kier alpha value is -1.35. The fourth-order valence-electron chi connectivity index (χ4n) is 3.61. The Morgan fingerprint density at radius 2 is 1.75 bits per heavy atom. The minimum Gasteiger partial charge on any atom is -0.423 e. The number of fused-ring (bicyclic) bond motifs is 1. The second-order valence-electron chi connectivity index (χ2n) is 5.89. The van der Waals surface area contributed by atoms with E-state index in [0.717, 1.165) is 23.3 Å². The van der Waals surface area contributed by atoms with Crippen molar-refractivity contribution in [2.75, 3.05) is 0 Å². The fourth-order valence-corrected chi connectivity index (χ4v) is 3.84. The van der Waals surface area contributed by atoms with Gasteiger partial charge in [0.05, 0.1) is 0 Å². The van der Waals surface area contributed by atoms with Crippen LogP contribution in [0.4, 0.5) is 0 Å². The minimum absolute atomic E-state index is 0.349. The Balaban J connectivity index is 1.54. The van der Waals surface area contributed by atoms with E-state index in [-0.39, 0.29) is 5.38 Å². The highest BCUT2D eigenvalue weighted by atomic mass is 35.5. The zero-order chi connectivity index (χ0) is 13.5. The van der Waals surface area contributed by atoms with Crippen LogP contribution in [-0.2, 0) is 0 Å². The Morgan fingerprint density at radius 3 is 2.45 bits per heavy atom. The van der Waals surface area contributed by atoms with Crippen LogP contribution in [0.1, 0.15) is 54.3 Å². The topological polar surface area (TPSA) is 38.9 Å². The number of rotatable bonds is 3. The number of aromatic nitrogens is 2. The number of halogens is 1. The molecule has 4 heteroatoms. The lowest BCUT2D eigenvalue weighted by molar-refractivity contribution is 0.446. The molecular formula is C16H17ClN2O. The molecule has 3 nitrogen and oxygen atoms in total. The van der Waals surface area contributed by atoms with E-state index < -0.39 is 0 Å². The van der Waals surface area contributed by atoms with Gasteiger partial charge in [0, 0.05) is 5.92 Å². The van der Waals surface area contributed by atoms with E-state index in [1.165, 1.54) is 25.7 Å². The predicted octanol–water partition coefficient (Wildman–Crippen LogP) is 4.30. The molecule has 104 valence electrons. The zero-order valence-corrected chi connectivity index (χ0v) is 12.0. The third-order valence-corrected chi connectivity index (χ3v) is 5.15. The Labute approximate surface area is 123 Å². The molecule has 1 aromatic carbocycles. The highest BCUT2D eigenvalue weighted by Crippen LogP contribution is 2.60. The second-order valence-corrected chi connectivity index (χ2v) is 6.33. The maximum absolute atomic E-state index is 6.43. The van der Waals surface area contributed by atoms with Crippen LogP contribution in [0.25, 0.3) is 0 Å². The zero-order valence-electron chi connectivity index (χ0n) is 11.2. The van der Waals surface area contributed by atoms with Gasteiger partial charge in [-0.1, -0.05) is 43.2 Å². The molecule has 0 radical (unpaired) electrons. The van der Waals surface area contributed by atoms with E-state index >= 15 is 0 Å². The SMILES string of the molecule is ClC(c1ccccc1)c1nnc(C2C3CCCCC32)o1. The molecule has 0 amide bonds. The summed E-state index contributed by atoms with van der Waals surface area (Å²) in [5.41, 5.74) is 0.998. The van der Waals surface area contributed by atoms with E-state index in [1.54, 1.807) is 0 Å². The molecule has 1 aromatic heterocycles. The van der Waals surface area contributed by atoms with Crippen molar-refractivity contribution in [1.82, 2.24) is 10.2 Å². The van der Waals surface area contributed by atoms with Gasteiger partial charge >= 0.3 is 0 Å². The van der Waals surface area contributed by atoms with Crippen molar-refractivity contribution in [3.8, 4) is 0 Å². The van der Waals surface area contributed by atoms with Crippen LogP contribution in [0.3, 0.4) is 0 Å². The van der Waals surface area contributed by atoms with Gasteiger partial charge in [0.25, 0.3) is 0 Å². The number of hydrogen-bond donors (Lipinski definition) is 0. The van der Waals surface area contributed by atoms with E-state index in [0.29, 0.717) is 11.8 Å². The van der Waals surface area contributed by atoms with E-state index in [1.807, 2.05) is 30.3 Å². The van der Waals surface area contributed by atoms with Crippen LogP contribution in [0.2, 0.25) is 0 Å². The lowest BCUT2D eigenvalue weighted by Crippen LogP contribution is -1.92.